The molecule has 7 nitrogen and oxygen atoms in total. The number of nitrogens with zero attached hydrogens (tertiary/aromatic N) is 2. The number of amides is 1. The minimum Gasteiger partial charge on any atom is -0.480 e. The Morgan fingerprint density at radius 2 is 2.00 bits per heavy atom. The third-order valence-electron chi connectivity index (χ3n) is 4.59. The number of carboxylic acids is 1. The molecule has 2 heterocycles. The van der Waals surface area contributed by atoms with E-state index in [2.05, 4.69) is 15.5 Å². The number of nitrogens with one attached hydrogen (secondary N) is 1. The van der Waals surface area contributed by atoms with Gasteiger partial charge in [-0.05, 0) is 37.2 Å². The van der Waals surface area contributed by atoms with Crippen LogP contribution in [0.5, 0.6) is 0 Å². The van der Waals surface area contributed by atoms with E-state index < -0.39 is 17.9 Å². The molecule has 0 unspecified atom stereocenters. The van der Waals surface area contributed by atoms with E-state index in [1.807, 2.05) is 27.7 Å². The number of fused-ring (bicyclic) bond motifs is 1. The summed E-state index contributed by atoms with van der Waals surface area (Å²) < 4.78 is 5.38. The van der Waals surface area contributed by atoms with Crippen LogP contribution in [0.3, 0.4) is 0 Å². The number of carbonyl (C=O) groups excluding carboxylic acids is 1. The average molecular weight is 359 g/mol. The first-order chi connectivity index (χ1) is 12.3. The second-order valence-electron chi connectivity index (χ2n) is 7.77. The number of rotatable bonds is 7. The predicted molar refractivity (Wildman–Crippen MR) is 96.2 cm³/mol. The zero-order valence-corrected chi connectivity index (χ0v) is 15.6. The van der Waals surface area contributed by atoms with Gasteiger partial charge in [0.05, 0.1) is 16.6 Å². The van der Waals surface area contributed by atoms with Gasteiger partial charge in [0.15, 0.2) is 0 Å². The van der Waals surface area contributed by atoms with Crippen LogP contribution in [0.1, 0.15) is 80.5 Å². The van der Waals surface area contributed by atoms with Crippen molar-refractivity contribution in [2.45, 2.75) is 64.8 Å². The molecule has 1 amide bonds. The molecule has 1 aliphatic carbocycles. The van der Waals surface area contributed by atoms with Crippen LogP contribution < -0.4 is 5.32 Å². The van der Waals surface area contributed by atoms with Crippen molar-refractivity contribution in [1.29, 1.82) is 0 Å². The lowest BCUT2D eigenvalue weighted by Gasteiger charge is -2.17. The van der Waals surface area contributed by atoms with Gasteiger partial charge in [-0.1, -0.05) is 32.9 Å². The van der Waals surface area contributed by atoms with E-state index in [9.17, 15) is 14.7 Å². The van der Waals surface area contributed by atoms with E-state index in [1.165, 1.54) is 0 Å². The first kappa shape index (κ1) is 18.4. The molecule has 3 rings (SSSR count). The molecule has 0 spiro atoms. The van der Waals surface area contributed by atoms with Gasteiger partial charge in [-0.15, -0.1) is 0 Å². The van der Waals surface area contributed by atoms with Gasteiger partial charge in [-0.3, -0.25) is 4.79 Å². The molecule has 7 heteroatoms. The van der Waals surface area contributed by atoms with Gasteiger partial charge in [-0.2, -0.15) is 0 Å². The number of aromatic nitrogens is 2. The lowest BCUT2D eigenvalue weighted by Crippen LogP contribution is -2.41. The van der Waals surface area contributed by atoms with Crippen molar-refractivity contribution in [2.75, 3.05) is 0 Å². The Bertz CT molecular complexity index is 837. The summed E-state index contributed by atoms with van der Waals surface area (Å²) in [4.78, 5) is 29.0. The number of carboxylic acid groups (broad SMARTS) is 1. The fourth-order valence-electron chi connectivity index (χ4n) is 3.08. The maximum Gasteiger partial charge on any atom is 0.326 e. The summed E-state index contributed by atoms with van der Waals surface area (Å²) in [6.07, 6.45) is 2.44. The first-order valence-electron chi connectivity index (χ1n) is 9.11. The van der Waals surface area contributed by atoms with E-state index in [4.69, 9.17) is 4.52 Å². The van der Waals surface area contributed by atoms with E-state index in [1.54, 1.807) is 6.07 Å². The van der Waals surface area contributed by atoms with Gasteiger partial charge >= 0.3 is 5.97 Å². The summed E-state index contributed by atoms with van der Waals surface area (Å²) in [5.41, 5.74) is 2.22. The van der Waals surface area contributed by atoms with E-state index in [0.717, 1.165) is 18.5 Å². The molecule has 1 aliphatic rings. The van der Waals surface area contributed by atoms with Crippen molar-refractivity contribution in [1.82, 2.24) is 15.5 Å². The number of hydrogen-bond donors (Lipinski definition) is 2. The minimum atomic E-state index is -1.03. The molecule has 0 saturated heterocycles. The molecule has 1 saturated carbocycles. The molecule has 2 N–H and O–H groups in total. The zero-order valence-electron chi connectivity index (χ0n) is 15.6. The highest BCUT2D eigenvalue weighted by molar-refractivity contribution is 6.07. The Labute approximate surface area is 152 Å². The predicted octanol–water partition coefficient (Wildman–Crippen LogP) is 3.45. The van der Waals surface area contributed by atoms with Crippen LogP contribution in [0.4, 0.5) is 0 Å². The quantitative estimate of drug-likeness (QED) is 0.784. The highest BCUT2D eigenvalue weighted by atomic mass is 16.5. The summed E-state index contributed by atoms with van der Waals surface area (Å²) in [6.45, 7) is 7.78. The molecule has 140 valence electrons. The molecule has 1 atom stereocenters. The Hall–Kier alpha value is -2.44. The molecule has 0 radical (unpaired) electrons. The Morgan fingerprint density at radius 1 is 1.31 bits per heavy atom. The average Bonchev–Trinajstić information content (AvgIpc) is 3.31. The highest BCUT2D eigenvalue weighted by Crippen LogP contribution is 2.41. The van der Waals surface area contributed by atoms with Crippen LogP contribution in [-0.2, 0) is 4.79 Å². The van der Waals surface area contributed by atoms with E-state index in [-0.39, 0.29) is 11.8 Å². The summed E-state index contributed by atoms with van der Waals surface area (Å²) in [5.74, 6) is -0.906. The summed E-state index contributed by atoms with van der Waals surface area (Å²) in [6, 6.07) is 0.838. The van der Waals surface area contributed by atoms with Crippen molar-refractivity contribution in [3.8, 4) is 0 Å². The van der Waals surface area contributed by atoms with Gasteiger partial charge in [0, 0.05) is 11.6 Å². The number of pyridine rings is 1. The van der Waals surface area contributed by atoms with E-state index >= 15 is 0 Å². The number of aliphatic carboxylic acids is 1. The second-order valence-corrected chi connectivity index (χ2v) is 7.77. The Balaban J connectivity index is 2.02. The molecular formula is C19H25N3O4. The lowest BCUT2D eigenvalue weighted by molar-refractivity contribution is -0.139. The van der Waals surface area contributed by atoms with Crippen LogP contribution in [-0.4, -0.2) is 33.2 Å². The van der Waals surface area contributed by atoms with Crippen molar-refractivity contribution in [3.63, 3.8) is 0 Å². The molecule has 0 aliphatic heterocycles. The molecule has 2 aromatic rings. The second kappa shape index (κ2) is 7.05. The number of hydrogen-bond acceptors (Lipinski definition) is 5. The lowest BCUT2D eigenvalue weighted by atomic mass is 10.00. The molecule has 2 aromatic heterocycles. The van der Waals surface area contributed by atoms with Crippen LogP contribution in [0.2, 0.25) is 0 Å². The summed E-state index contributed by atoms with van der Waals surface area (Å²) in [7, 11) is 0. The monoisotopic (exact) mass is 359 g/mol. The van der Waals surface area contributed by atoms with Crippen molar-refractivity contribution < 1.29 is 19.2 Å². The number of carbonyl (C=O) groups is 2. The topological polar surface area (TPSA) is 105 Å². The van der Waals surface area contributed by atoms with Crippen molar-refractivity contribution >= 4 is 23.0 Å². The molecule has 1 fully saturated rings. The zero-order chi connectivity index (χ0) is 19.0. The smallest absolute Gasteiger partial charge is 0.326 e. The van der Waals surface area contributed by atoms with Crippen molar-refractivity contribution in [3.05, 3.63) is 23.0 Å². The van der Waals surface area contributed by atoms with Crippen molar-refractivity contribution in [2.24, 2.45) is 5.92 Å². The van der Waals surface area contributed by atoms with Crippen LogP contribution >= 0.6 is 0 Å². The fourth-order valence-corrected chi connectivity index (χ4v) is 3.08. The van der Waals surface area contributed by atoms with Crippen LogP contribution in [0.25, 0.3) is 11.1 Å². The van der Waals surface area contributed by atoms with E-state index in [0.29, 0.717) is 34.7 Å². The summed E-state index contributed by atoms with van der Waals surface area (Å²) >= 11 is 0. The molecule has 0 bridgehead atoms. The van der Waals surface area contributed by atoms with Gasteiger partial charge in [0.2, 0.25) is 0 Å². The third kappa shape index (κ3) is 3.71. The summed E-state index contributed by atoms with van der Waals surface area (Å²) in [5, 5.41) is 16.8. The fraction of sp³-hybridized carbons (Fsp3) is 0.579. The highest BCUT2D eigenvalue weighted by Gasteiger charge is 2.30. The molecule has 0 aromatic carbocycles. The Morgan fingerprint density at radius 3 is 2.54 bits per heavy atom. The molecule has 26 heavy (non-hydrogen) atoms. The SMILES string of the molecule is CC(C)C[C@H](NC(=O)c1cc(C2CC2)nc2onc(C(C)C)c12)C(=O)O. The molecular weight excluding hydrogens is 334 g/mol. The van der Waals surface area contributed by atoms with Gasteiger partial charge < -0.3 is 14.9 Å². The minimum absolute atomic E-state index is 0.0577. The largest absolute Gasteiger partial charge is 0.480 e. The van der Waals surface area contributed by atoms with Gasteiger partial charge in [-0.25, -0.2) is 9.78 Å². The van der Waals surface area contributed by atoms with Gasteiger partial charge in [0.1, 0.15) is 6.04 Å². The maximum atomic E-state index is 13.0. The maximum absolute atomic E-state index is 13.0. The first-order valence-corrected chi connectivity index (χ1v) is 9.11. The Kier molecular flexibility index (Phi) is 4.98. The third-order valence-corrected chi connectivity index (χ3v) is 4.59. The van der Waals surface area contributed by atoms with Crippen LogP contribution in [0, 0.1) is 5.92 Å². The normalized spacial score (nSPS) is 15.6. The standard InChI is InChI=1S/C19H25N3O4/c1-9(2)7-14(19(24)25)20-17(23)12-8-13(11-5-6-11)21-18-15(12)16(10(3)4)22-26-18/h8-11,14H,5-7H2,1-4H3,(H,20,23)(H,24,25)/t14-/m0/s1. The van der Waals surface area contributed by atoms with Gasteiger partial charge in [0.25, 0.3) is 11.6 Å². The van der Waals surface area contributed by atoms with Crippen LogP contribution in [0.15, 0.2) is 10.6 Å².